The van der Waals surface area contributed by atoms with Gasteiger partial charge in [0.05, 0.1) is 39.6 Å². The molecule has 3 aromatic heterocycles. The monoisotopic (exact) mass is 491 g/mol. The first-order valence-electron chi connectivity index (χ1n) is 10.6. The minimum absolute atomic E-state index is 0.200. The molecule has 34 heavy (non-hydrogen) atoms. The molecule has 0 bridgehead atoms. The highest BCUT2D eigenvalue weighted by Gasteiger charge is 2.16. The second-order valence-corrected chi connectivity index (χ2v) is 8.44. The van der Waals surface area contributed by atoms with Gasteiger partial charge in [-0.15, -0.1) is 5.10 Å². The number of para-hydroxylation sites is 1. The van der Waals surface area contributed by atoms with Crippen molar-refractivity contribution in [3.8, 4) is 11.3 Å². The van der Waals surface area contributed by atoms with Gasteiger partial charge in [-0.3, -0.25) is 14.8 Å². The summed E-state index contributed by atoms with van der Waals surface area (Å²) in [6.07, 6.45) is 5.20. The lowest BCUT2D eigenvalue weighted by Crippen LogP contribution is -2.14. The molecule has 1 N–H and O–H groups in total. The molecule has 0 aliphatic rings. The van der Waals surface area contributed by atoms with Crippen molar-refractivity contribution in [2.75, 3.05) is 5.32 Å². The van der Waals surface area contributed by atoms with Crippen LogP contribution in [0.2, 0.25) is 10.0 Å². The number of pyridine rings is 1. The van der Waals surface area contributed by atoms with Crippen LogP contribution in [0.15, 0.2) is 67.3 Å². The molecule has 0 fully saturated rings. The Balaban J connectivity index is 1.42. The van der Waals surface area contributed by atoms with Gasteiger partial charge in [-0.1, -0.05) is 47.5 Å². The molecule has 0 atom stereocenters. The van der Waals surface area contributed by atoms with E-state index in [2.05, 4.69) is 20.5 Å². The van der Waals surface area contributed by atoms with Crippen LogP contribution < -0.4 is 5.32 Å². The minimum Gasteiger partial charge on any atom is -0.289 e. The number of aryl methyl sites for hydroxylation is 1. The van der Waals surface area contributed by atoms with Gasteiger partial charge in [0.1, 0.15) is 6.33 Å². The summed E-state index contributed by atoms with van der Waals surface area (Å²) in [5, 5.41) is 13.2. The molecule has 0 radical (unpaired) electrons. The van der Waals surface area contributed by atoms with Crippen molar-refractivity contribution in [1.82, 2.24) is 29.5 Å². The van der Waals surface area contributed by atoms with E-state index in [9.17, 15) is 4.79 Å². The highest BCUT2D eigenvalue weighted by atomic mass is 35.5. The van der Waals surface area contributed by atoms with Crippen LogP contribution in [0.5, 0.6) is 0 Å². The summed E-state index contributed by atoms with van der Waals surface area (Å²) >= 11 is 12.1. The number of aromatic nitrogens is 6. The smallest absolute Gasteiger partial charge is 0.258 e. The van der Waals surface area contributed by atoms with Gasteiger partial charge in [0, 0.05) is 23.7 Å². The fourth-order valence-electron chi connectivity index (χ4n) is 3.60. The summed E-state index contributed by atoms with van der Waals surface area (Å²) in [6, 6.07) is 14.6. The van der Waals surface area contributed by atoms with Crippen LogP contribution in [0.25, 0.3) is 22.2 Å². The molecular weight excluding hydrogens is 473 g/mol. The molecule has 0 saturated carbocycles. The van der Waals surface area contributed by atoms with Crippen molar-refractivity contribution in [3.05, 3.63) is 88.4 Å². The van der Waals surface area contributed by atoms with E-state index in [1.807, 2.05) is 48.1 Å². The predicted molar refractivity (Wildman–Crippen MR) is 132 cm³/mol. The van der Waals surface area contributed by atoms with E-state index in [4.69, 9.17) is 28.2 Å². The molecule has 5 aromatic rings. The highest BCUT2D eigenvalue weighted by Crippen LogP contribution is 2.26. The number of carbonyl (C=O) groups excluding carboxylic acids is 1. The van der Waals surface area contributed by atoms with Gasteiger partial charge in [-0.05, 0) is 36.8 Å². The van der Waals surface area contributed by atoms with Crippen molar-refractivity contribution >= 4 is 46.0 Å². The largest absolute Gasteiger partial charge is 0.289 e. The standard InChI is InChI=1S/C24H19Cl2N7O/c1-2-32-13-16(11-28-32)22-10-18(17-5-3-4-6-21(17)29-22)23(34)30-24-27-14-33(31-24)12-15-7-8-19(25)20(26)9-15/h3-11,13-14H,2,12H2,1H3,(H,30,31,34). The molecule has 170 valence electrons. The lowest BCUT2D eigenvalue weighted by Gasteiger charge is -2.08. The number of hydrogen-bond donors (Lipinski definition) is 1. The molecule has 0 aliphatic carbocycles. The molecule has 3 heterocycles. The third-order valence-corrected chi connectivity index (χ3v) is 6.04. The molecule has 0 unspecified atom stereocenters. The van der Waals surface area contributed by atoms with E-state index in [0.29, 0.717) is 33.4 Å². The summed E-state index contributed by atoms with van der Waals surface area (Å²) in [5.41, 5.74) is 3.61. The SMILES string of the molecule is CCn1cc(-c2cc(C(=O)Nc3ncn(Cc4ccc(Cl)c(Cl)c4)n3)c3ccccc3n2)cn1. The van der Waals surface area contributed by atoms with Gasteiger partial charge in [-0.25, -0.2) is 14.6 Å². The van der Waals surface area contributed by atoms with Crippen LogP contribution in [0.4, 0.5) is 5.95 Å². The summed E-state index contributed by atoms with van der Waals surface area (Å²) < 4.78 is 3.43. The minimum atomic E-state index is -0.324. The molecule has 1 amide bonds. The van der Waals surface area contributed by atoms with E-state index in [1.54, 1.807) is 35.4 Å². The molecule has 0 aliphatic heterocycles. The molecule has 10 heteroatoms. The number of carbonyl (C=O) groups is 1. The number of nitrogens with one attached hydrogen (secondary N) is 1. The van der Waals surface area contributed by atoms with Crippen molar-refractivity contribution in [2.24, 2.45) is 0 Å². The zero-order valence-electron chi connectivity index (χ0n) is 18.1. The maximum Gasteiger partial charge on any atom is 0.258 e. The zero-order valence-corrected chi connectivity index (χ0v) is 19.6. The maximum absolute atomic E-state index is 13.2. The average Bonchev–Trinajstić information content (AvgIpc) is 3.50. The lowest BCUT2D eigenvalue weighted by atomic mass is 10.1. The Hall–Kier alpha value is -3.75. The van der Waals surface area contributed by atoms with E-state index in [0.717, 1.165) is 23.1 Å². The molecule has 8 nitrogen and oxygen atoms in total. The van der Waals surface area contributed by atoms with Crippen LogP contribution in [-0.2, 0) is 13.1 Å². The van der Waals surface area contributed by atoms with Crippen LogP contribution >= 0.6 is 23.2 Å². The van der Waals surface area contributed by atoms with Crippen LogP contribution in [0, 0.1) is 0 Å². The Morgan fingerprint density at radius 3 is 2.71 bits per heavy atom. The summed E-state index contributed by atoms with van der Waals surface area (Å²) in [6.45, 7) is 3.19. The van der Waals surface area contributed by atoms with Crippen LogP contribution in [0.1, 0.15) is 22.8 Å². The molecule has 2 aromatic carbocycles. The molecule has 5 rings (SSSR count). The topological polar surface area (TPSA) is 90.5 Å². The quantitative estimate of drug-likeness (QED) is 0.347. The fourth-order valence-corrected chi connectivity index (χ4v) is 3.92. The summed E-state index contributed by atoms with van der Waals surface area (Å²) in [4.78, 5) is 22.2. The second-order valence-electron chi connectivity index (χ2n) is 7.63. The van der Waals surface area contributed by atoms with Gasteiger partial charge in [0.25, 0.3) is 5.91 Å². The Morgan fingerprint density at radius 1 is 1.06 bits per heavy atom. The maximum atomic E-state index is 13.2. The normalized spacial score (nSPS) is 11.1. The summed E-state index contributed by atoms with van der Waals surface area (Å²) in [5.74, 6) is -0.124. The predicted octanol–water partition coefficient (Wildman–Crippen LogP) is 5.32. The Kier molecular flexibility index (Phi) is 6.00. The first-order valence-corrected chi connectivity index (χ1v) is 11.3. The highest BCUT2D eigenvalue weighted by molar-refractivity contribution is 6.42. The third-order valence-electron chi connectivity index (χ3n) is 5.30. The van der Waals surface area contributed by atoms with Gasteiger partial charge >= 0.3 is 0 Å². The number of anilines is 1. The Labute approximate surface area is 205 Å². The Morgan fingerprint density at radius 2 is 1.91 bits per heavy atom. The van der Waals surface area contributed by atoms with Crippen molar-refractivity contribution < 1.29 is 4.79 Å². The van der Waals surface area contributed by atoms with Gasteiger partial charge in [0.2, 0.25) is 5.95 Å². The summed E-state index contributed by atoms with van der Waals surface area (Å²) in [7, 11) is 0. The van der Waals surface area contributed by atoms with E-state index >= 15 is 0 Å². The molecular formula is C24H19Cl2N7O. The van der Waals surface area contributed by atoms with E-state index in [1.165, 1.54) is 0 Å². The van der Waals surface area contributed by atoms with E-state index < -0.39 is 0 Å². The number of fused-ring (bicyclic) bond motifs is 1. The second kappa shape index (κ2) is 9.24. The van der Waals surface area contributed by atoms with Gasteiger partial charge in [-0.2, -0.15) is 5.10 Å². The zero-order chi connectivity index (χ0) is 23.7. The third kappa shape index (κ3) is 4.50. The van der Waals surface area contributed by atoms with Crippen molar-refractivity contribution in [3.63, 3.8) is 0 Å². The molecule has 0 spiro atoms. The van der Waals surface area contributed by atoms with Crippen molar-refractivity contribution in [1.29, 1.82) is 0 Å². The number of hydrogen-bond acceptors (Lipinski definition) is 5. The van der Waals surface area contributed by atoms with Crippen LogP contribution in [0.3, 0.4) is 0 Å². The number of amides is 1. The number of benzene rings is 2. The molecule has 0 saturated heterocycles. The first kappa shape index (κ1) is 22.1. The van der Waals surface area contributed by atoms with Crippen molar-refractivity contribution in [2.45, 2.75) is 20.0 Å². The van der Waals surface area contributed by atoms with Crippen LogP contribution in [-0.4, -0.2) is 35.4 Å². The number of nitrogens with zero attached hydrogens (tertiary/aromatic N) is 6. The Bertz CT molecular complexity index is 1510. The average molecular weight is 492 g/mol. The van der Waals surface area contributed by atoms with E-state index in [-0.39, 0.29) is 11.9 Å². The lowest BCUT2D eigenvalue weighted by molar-refractivity contribution is 0.102. The van der Waals surface area contributed by atoms with Gasteiger partial charge < -0.3 is 0 Å². The number of halogens is 2. The fraction of sp³-hybridized carbons (Fsp3) is 0.125. The van der Waals surface area contributed by atoms with Gasteiger partial charge in [0.15, 0.2) is 0 Å². The first-order chi connectivity index (χ1) is 16.5. The number of rotatable bonds is 6.